The highest BCUT2D eigenvalue weighted by molar-refractivity contribution is 6.33. The van der Waals surface area contributed by atoms with Crippen LogP contribution in [0.1, 0.15) is 18.1 Å². The van der Waals surface area contributed by atoms with Crippen molar-refractivity contribution < 1.29 is 23.4 Å². The first kappa shape index (κ1) is 24.2. The van der Waals surface area contributed by atoms with Crippen LogP contribution in [0.3, 0.4) is 0 Å². The van der Waals surface area contributed by atoms with Crippen LogP contribution >= 0.6 is 11.6 Å². The van der Waals surface area contributed by atoms with Crippen LogP contribution in [0.25, 0.3) is 27.7 Å². The molecule has 4 aromatic rings. The van der Waals surface area contributed by atoms with Crippen molar-refractivity contribution in [1.82, 2.24) is 0 Å². The average molecular weight is 492 g/mol. The maximum atomic E-state index is 12.8. The number of hydrogen-bond donors (Lipinski definition) is 1. The summed E-state index contributed by atoms with van der Waals surface area (Å²) in [4.78, 5) is 12.8. The van der Waals surface area contributed by atoms with Crippen molar-refractivity contribution in [3.8, 4) is 28.4 Å². The normalized spacial score (nSPS) is 11.4. The lowest BCUT2D eigenvalue weighted by Gasteiger charge is -2.14. The molecular formula is C28H26ClNO5. The molecule has 0 spiro atoms. The van der Waals surface area contributed by atoms with Crippen molar-refractivity contribution in [2.24, 2.45) is 0 Å². The largest absolute Gasteiger partial charge is 0.497 e. The number of anilines is 1. The van der Waals surface area contributed by atoms with Gasteiger partial charge in [0.25, 0.3) is 0 Å². The first-order chi connectivity index (χ1) is 16.9. The summed E-state index contributed by atoms with van der Waals surface area (Å²) in [6, 6.07) is 14.7. The number of rotatable bonds is 7. The summed E-state index contributed by atoms with van der Waals surface area (Å²) < 4.78 is 22.7. The second kappa shape index (κ2) is 10.2. The Hall–Kier alpha value is -3.90. The molecule has 0 fully saturated rings. The number of aryl methyl sites for hydroxylation is 1. The molecule has 1 aromatic heterocycles. The Morgan fingerprint density at radius 1 is 1.00 bits per heavy atom. The van der Waals surface area contributed by atoms with E-state index in [1.807, 2.05) is 50.2 Å². The minimum Gasteiger partial charge on any atom is -0.497 e. The Morgan fingerprint density at radius 2 is 1.77 bits per heavy atom. The quantitative estimate of drug-likeness (QED) is 0.278. The van der Waals surface area contributed by atoms with Crippen molar-refractivity contribution in [3.63, 3.8) is 0 Å². The van der Waals surface area contributed by atoms with Crippen molar-refractivity contribution in [1.29, 1.82) is 0 Å². The average Bonchev–Trinajstić information content (AvgIpc) is 3.29. The fraction of sp³-hybridized carbons (Fsp3) is 0.179. The molecule has 180 valence electrons. The molecule has 0 saturated heterocycles. The molecule has 0 aliphatic carbocycles. The third-order valence-corrected chi connectivity index (χ3v) is 6.18. The van der Waals surface area contributed by atoms with Crippen LogP contribution in [0, 0.1) is 6.92 Å². The first-order valence-corrected chi connectivity index (χ1v) is 11.3. The van der Waals surface area contributed by atoms with Crippen LogP contribution in [0.4, 0.5) is 5.69 Å². The number of fused-ring (bicyclic) bond motifs is 1. The minimum atomic E-state index is -0.294. The van der Waals surface area contributed by atoms with E-state index < -0.39 is 0 Å². The minimum absolute atomic E-state index is 0.294. The van der Waals surface area contributed by atoms with Crippen LogP contribution in [-0.2, 0) is 4.79 Å². The van der Waals surface area contributed by atoms with E-state index in [2.05, 4.69) is 5.32 Å². The monoisotopic (exact) mass is 491 g/mol. The van der Waals surface area contributed by atoms with Gasteiger partial charge in [-0.2, -0.15) is 0 Å². The Morgan fingerprint density at radius 3 is 2.46 bits per heavy atom. The van der Waals surface area contributed by atoms with Gasteiger partial charge in [0.05, 0.1) is 38.3 Å². The van der Waals surface area contributed by atoms with Crippen LogP contribution in [-0.4, -0.2) is 27.2 Å². The molecular weight excluding hydrogens is 466 g/mol. The Bertz CT molecular complexity index is 1440. The molecule has 4 rings (SSSR count). The van der Waals surface area contributed by atoms with Gasteiger partial charge in [-0.05, 0) is 55.8 Å². The van der Waals surface area contributed by atoms with E-state index >= 15 is 0 Å². The molecule has 0 aliphatic heterocycles. The zero-order valence-electron chi connectivity index (χ0n) is 20.2. The number of benzene rings is 3. The number of carbonyl (C=O) groups excluding carboxylic acids is 1. The van der Waals surface area contributed by atoms with E-state index in [1.165, 1.54) is 6.08 Å². The number of nitrogens with one attached hydrogen (secondary N) is 1. The standard InChI is InChI=1S/C28H26ClNO5/c1-16(12-26(31)30-24-9-7-6-8-23(24)29)19-14-21-22(15-35-28(21)17(2)27(19)34-5)20-13-18(32-3)10-11-25(20)33-4/h6-15H,1-5H3,(H,30,31)/b16-12+. The van der Waals surface area contributed by atoms with E-state index in [1.54, 1.807) is 39.7 Å². The second-order valence-electron chi connectivity index (χ2n) is 7.97. The highest BCUT2D eigenvalue weighted by Gasteiger charge is 2.21. The zero-order chi connectivity index (χ0) is 25.1. The Labute approximate surface area is 209 Å². The second-order valence-corrected chi connectivity index (χ2v) is 8.38. The molecule has 1 N–H and O–H groups in total. The molecule has 3 aromatic carbocycles. The summed E-state index contributed by atoms with van der Waals surface area (Å²) in [5.74, 6) is 1.73. The molecule has 0 bridgehead atoms. The topological polar surface area (TPSA) is 69.9 Å². The Balaban J connectivity index is 1.82. The fourth-order valence-corrected chi connectivity index (χ4v) is 4.29. The molecule has 35 heavy (non-hydrogen) atoms. The van der Waals surface area contributed by atoms with Crippen molar-refractivity contribution in [2.45, 2.75) is 13.8 Å². The SMILES string of the molecule is COc1ccc(OC)c(-c2coc3c(C)c(OC)c(/C(C)=C/C(=O)Nc4ccccc4Cl)cc23)c1. The van der Waals surface area contributed by atoms with Gasteiger partial charge in [-0.15, -0.1) is 0 Å². The van der Waals surface area contributed by atoms with Crippen molar-refractivity contribution in [2.75, 3.05) is 26.6 Å². The molecule has 7 heteroatoms. The van der Waals surface area contributed by atoms with Gasteiger partial charge >= 0.3 is 0 Å². The number of hydrogen-bond acceptors (Lipinski definition) is 5. The number of carbonyl (C=O) groups is 1. The summed E-state index contributed by atoms with van der Waals surface area (Å²) in [7, 11) is 4.84. The van der Waals surface area contributed by atoms with E-state index in [0.717, 1.165) is 33.2 Å². The van der Waals surface area contributed by atoms with Crippen molar-refractivity contribution in [3.05, 3.63) is 77.0 Å². The first-order valence-electron chi connectivity index (χ1n) is 10.9. The summed E-state index contributed by atoms with van der Waals surface area (Å²) in [5, 5.41) is 4.16. The third-order valence-electron chi connectivity index (χ3n) is 5.85. The third kappa shape index (κ3) is 4.70. The maximum absolute atomic E-state index is 12.8. The highest BCUT2D eigenvalue weighted by Crippen LogP contribution is 2.43. The number of para-hydroxylation sites is 1. The molecule has 0 atom stereocenters. The van der Waals surface area contributed by atoms with Crippen molar-refractivity contribution >= 4 is 39.7 Å². The van der Waals surface area contributed by atoms with Gasteiger partial charge in [0.15, 0.2) is 0 Å². The van der Waals surface area contributed by atoms with Crippen LogP contribution < -0.4 is 19.5 Å². The Kier molecular flexibility index (Phi) is 7.03. The maximum Gasteiger partial charge on any atom is 0.248 e. The zero-order valence-corrected chi connectivity index (χ0v) is 20.9. The lowest BCUT2D eigenvalue weighted by molar-refractivity contribution is -0.111. The van der Waals surface area contributed by atoms with Gasteiger partial charge in [0, 0.05) is 33.7 Å². The van der Waals surface area contributed by atoms with E-state index in [-0.39, 0.29) is 5.91 Å². The highest BCUT2D eigenvalue weighted by atomic mass is 35.5. The predicted molar refractivity (Wildman–Crippen MR) is 140 cm³/mol. The van der Waals surface area contributed by atoms with Crippen LogP contribution in [0.15, 0.2) is 65.3 Å². The molecule has 0 saturated carbocycles. The van der Waals surface area contributed by atoms with Gasteiger partial charge in [-0.25, -0.2) is 0 Å². The van der Waals surface area contributed by atoms with Gasteiger partial charge in [-0.1, -0.05) is 23.7 Å². The van der Waals surface area contributed by atoms with Gasteiger partial charge in [0.2, 0.25) is 5.91 Å². The molecule has 1 heterocycles. The fourth-order valence-electron chi connectivity index (χ4n) is 4.11. The van der Waals surface area contributed by atoms with E-state index in [9.17, 15) is 4.79 Å². The number of allylic oxidation sites excluding steroid dienone is 1. The smallest absolute Gasteiger partial charge is 0.248 e. The summed E-state index contributed by atoms with van der Waals surface area (Å²) in [5.41, 5.74) is 5.24. The van der Waals surface area contributed by atoms with E-state index in [4.69, 9.17) is 30.2 Å². The predicted octanol–water partition coefficient (Wildman–Crippen LogP) is 7.13. The van der Waals surface area contributed by atoms with E-state index in [0.29, 0.717) is 33.5 Å². The lowest BCUT2D eigenvalue weighted by atomic mass is 9.96. The number of halogens is 1. The number of methoxy groups -OCH3 is 3. The van der Waals surface area contributed by atoms with Gasteiger partial charge in [-0.3, -0.25) is 4.79 Å². The van der Waals surface area contributed by atoms with Gasteiger partial charge < -0.3 is 23.9 Å². The van der Waals surface area contributed by atoms with Crippen LogP contribution in [0.5, 0.6) is 17.2 Å². The number of furan rings is 1. The lowest BCUT2D eigenvalue weighted by Crippen LogP contribution is -2.09. The summed E-state index contributed by atoms with van der Waals surface area (Å²) >= 11 is 6.18. The molecule has 0 aliphatic rings. The molecule has 6 nitrogen and oxygen atoms in total. The summed E-state index contributed by atoms with van der Waals surface area (Å²) in [6.07, 6.45) is 3.22. The number of amides is 1. The molecule has 0 radical (unpaired) electrons. The van der Waals surface area contributed by atoms with Crippen LogP contribution in [0.2, 0.25) is 5.02 Å². The molecule has 0 unspecified atom stereocenters. The molecule has 1 amide bonds. The summed E-state index contributed by atoms with van der Waals surface area (Å²) in [6.45, 7) is 3.79. The van der Waals surface area contributed by atoms with Gasteiger partial charge in [0.1, 0.15) is 22.8 Å². The number of ether oxygens (including phenoxy) is 3.